The van der Waals surface area contributed by atoms with Crippen LogP contribution in [0.4, 0.5) is 5.69 Å². The Bertz CT molecular complexity index is 1160. The molecule has 2 amide bonds. The zero-order valence-corrected chi connectivity index (χ0v) is 19.0. The van der Waals surface area contributed by atoms with Gasteiger partial charge in [0.05, 0.1) is 10.5 Å². The van der Waals surface area contributed by atoms with Gasteiger partial charge >= 0.3 is 0 Å². The van der Waals surface area contributed by atoms with Crippen LogP contribution in [0.5, 0.6) is 5.75 Å². The summed E-state index contributed by atoms with van der Waals surface area (Å²) in [5.41, 5.74) is 6.95. The van der Waals surface area contributed by atoms with Gasteiger partial charge in [0.25, 0.3) is 11.8 Å². The first-order valence-corrected chi connectivity index (χ1v) is 12.2. The van der Waals surface area contributed by atoms with Crippen molar-refractivity contribution in [2.24, 2.45) is 5.73 Å². The minimum atomic E-state index is -3.54. The molecule has 2 aromatic carbocycles. The number of sulfonamides is 1. The van der Waals surface area contributed by atoms with Crippen LogP contribution in [0.25, 0.3) is 0 Å². The predicted molar refractivity (Wildman–Crippen MR) is 121 cm³/mol. The van der Waals surface area contributed by atoms with Crippen LogP contribution >= 0.6 is 11.6 Å². The number of nitrogens with zero attached hydrogens (tertiary/aromatic N) is 2. The second-order valence-corrected chi connectivity index (χ2v) is 10.2. The summed E-state index contributed by atoms with van der Waals surface area (Å²) in [6.07, 6.45) is 3.34. The summed E-state index contributed by atoms with van der Waals surface area (Å²) in [6, 6.07) is 9.28. The van der Waals surface area contributed by atoms with Gasteiger partial charge in [0.15, 0.2) is 6.61 Å². The summed E-state index contributed by atoms with van der Waals surface area (Å²) in [4.78, 5) is 26.2. The van der Waals surface area contributed by atoms with Crippen molar-refractivity contribution in [2.45, 2.75) is 30.6 Å². The van der Waals surface area contributed by atoms with Crippen molar-refractivity contribution >= 4 is 39.1 Å². The molecule has 170 valence electrons. The highest BCUT2D eigenvalue weighted by Gasteiger charge is 2.30. The third kappa shape index (κ3) is 4.46. The summed E-state index contributed by atoms with van der Waals surface area (Å²) >= 11 is 5.96. The van der Waals surface area contributed by atoms with E-state index < -0.39 is 15.9 Å². The summed E-state index contributed by atoms with van der Waals surface area (Å²) in [5, 5.41) is 0.353. The smallest absolute Gasteiger partial charge is 0.264 e. The fourth-order valence-electron chi connectivity index (χ4n) is 4.09. The first-order chi connectivity index (χ1) is 15.3. The predicted octanol–water partition coefficient (Wildman–Crippen LogP) is 2.58. The molecule has 10 heteroatoms. The monoisotopic (exact) mass is 477 g/mol. The van der Waals surface area contributed by atoms with Crippen molar-refractivity contribution in [3.05, 3.63) is 52.5 Å². The van der Waals surface area contributed by atoms with E-state index in [0.29, 0.717) is 36.8 Å². The third-order valence-corrected chi connectivity index (χ3v) is 7.89. The van der Waals surface area contributed by atoms with E-state index in [1.165, 1.54) is 22.5 Å². The molecule has 4 rings (SSSR count). The molecule has 8 nitrogen and oxygen atoms in total. The molecule has 0 spiro atoms. The van der Waals surface area contributed by atoms with Gasteiger partial charge in [0.1, 0.15) is 5.75 Å². The van der Waals surface area contributed by atoms with Crippen molar-refractivity contribution in [3.63, 3.8) is 0 Å². The Balaban J connectivity index is 1.49. The summed E-state index contributed by atoms with van der Waals surface area (Å²) < 4.78 is 33.0. The number of primary amides is 1. The van der Waals surface area contributed by atoms with E-state index in [4.69, 9.17) is 22.1 Å². The first-order valence-electron chi connectivity index (χ1n) is 10.4. The third-order valence-electron chi connectivity index (χ3n) is 5.76. The molecule has 32 heavy (non-hydrogen) atoms. The maximum Gasteiger partial charge on any atom is 0.264 e. The van der Waals surface area contributed by atoms with E-state index in [2.05, 4.69) is 0 Å². The van der Waals surface area contributed by atoms with E-state index in [1.54, 1.807) is 23.1 Å². The van der Waals surface area contributed by atoms with Gasteiger partial charge in [0.2, 0.25) is 10.0 Å². The molecule has 0 radical (unpaired) electrons. The zero-order chi connectivity index (χ0) is 22.9. The highest BCUT2D eigenvalue weighted by atomic mass is 35.5. The fourth-order valence-corrected chi connectivity index (χ4v) is 5.82. The van der Waals surface area contributed by atoms with Gasteiger partial charge in [-0.25, -0.2) is 8.42 Å². The lowest BCUT2D eigenvalue weighted by Crippen LogP contribution is -2.35. The van der Waals surface area contributed by atoms with Crippen LogP contribution in [0, 0.1) is 0 Å². The number of hydrogen-bond acceptors (Lipinski definition) is 5. The molecule has 2 aromatic rings. The molecular formula is C22H24ClN3O5S. The number of benzene rings is 2. The number of piperidine rings is 1. The van der Waals surface area contributed by atoms with E-state index in [9.17, 15) is 18.0 Å². The maximum absolute atomic E-state index is 13.0. The normalized spacial score (nSPS) is 16.6. The van der Waals surface area contributed by atoms with Crippen LogP contribution in [-0.2, 0) is 21.2 Å². The number of ether oxygens (including phenoxy) is 1. The average Bonchev–Trinajstić information content (AvgIpc) is 3.21. The molecule has 2 aliphatic heterocycles. The molecule has 0 atom stereocenters. The van der Waals surface area contributed by atoms with E-state index >= 15 is 0 Å². The number of halogens is 1. The Hall–Kier alpha value is -2.62. The molecule has 2 heterocycles. The number of carbonyl (C=O) groups is 2. The highest BCUT2D eigenvalue weighted by molar-refractivity contribution is 7.89. The number of fused-ring (bicyclic) bond motifs is 1. The molecule has 2 aliphatic rings. The number of hydrogen-bond donors (Lipinski definition) is 1. The van der Waals surface area contributed by atoms with Crippen LogP contribution in [0.1, 0.15) is 35.2 Å². The van der Waals surface area contributed by atoms with E-state index in [1.807, 2.05) is 0 Å². The molecule has 0 unspecified atom stereocenters. The van der Waals surface area contributed by atoms with Crippen molar-refractivity contribution in [1.82, 2.24) is 4.31 Å². The number of rotatable bonds is 6. The van der Waals surface area contributed by atoms with Gasteiger partial charge in [-0.2, -0.15) is 4.31 Å². The average molecular weight is 478 g/mol. The Morgan fingerprint density at radius 2 is 1.78 bits per heavy atom. The largest absolute Gasteiger partial charge is 0.483 e. The lowest BCUT2D eigenvalue weighted by Gasteiger charge is -2.26. The van der Waals surface area contributed by atoms with Gasteiger partial charge in [-0.3, -0.25) is 9.59 Å². The SMILES string of the molecule is NC(=O)c1ccc(Cl)cc1OCC(=O)N1CCc2cc(S(=O)(=O)N3CCCCC3)ccc21. The maximum atomic E-state index is 13.0. The quantitative estimate of drug-likeness (QED) is 0.687. The Morgan fingerprint density at radius 3 is 2.50 bits per heavy atom. The fraction of sp³-hybridized carbons (Fsp3) is 0.364. The Kier molecular flexibility index (Phi) is 6.41. The van der Waals surface area contributed by atoms with Gasteiger partial charge in [-0.1, -0.05) is 18.0 Å². The summed E-state index contributed by atoms with van der Waals surface area (Å²) in [6.45, 7) is 1.19. The van der Waals surface area contributed by atoms with Gasteiger partial charge in [-0.05, 0) is 61.2 Å². The lowest BCUT2D eigenvalue weighted by molar-refractivity contribution is -0.120. The molecule has 0 saturated carbocycles. The molecule has 0 aliphatic carbocycles. The van der Waals surface area contributed by atoms with E-state index in [0.717, 1.165) is 24.8 Å². The Labute approximate surface area is 191 Å². The minimum absolute atomic E-state index is 0.136. The van der Waals surface area contributed by atoms with Crippen molar-refractivity contribution < 1.29 is 22.7 Å². The highest BCUT2D eigenvalue weighted by Crippen LogP contribution is 2.32. The van der Waals surface area contributed by atoms with Gasteiger partial charge in [0, 0.05) is 30.3 Å². The summed E-state index contributed by atoms with van der Waals surface area (Å²) in [5.74, 6) is -0.857. The van der Waals surface area contributed by atoms with Crippen LogP contribution in [-0.4, -0.2) is 50.8 Å². The van der Waals surface area contributed by atoms with Crippen molar-refractivity contribution in [1.29, 1.82) is 0 Å². The van der Waals surface area contributed by atoms with Crippen LogP contribution in [0.2, 0.25) is 5.02 Å². The number of nitrogens with two attached hydrogens (primary N) is 1. The second kappa shape index (κ2) is 9.09. The molecule has 2 N–H and O–H groups in total. The van der Waals surface area contributed by atoms with Crippen molar-refractivity contribution in [3.8, 4) is 5.75 Å². The number of anilines is 1. The molecule has 1 fully saturated rings. The lowest BCUT2D eigenvalue weighted by atomic mass is 10.2. The minimum Gasteiger partial charge on any atom is -0.483 e. The van der Waals surface area contributed by atoms with Crippen molar-refractivity contribution in [2.75, 3.05) is 31.1 Å². The van der Waals surface area contributed by atoms with Gasteiger partial charge < -0.3 is 15.4 Å². The zero-order valence-electron chi connectivity index (χ0n) is 17.4. The van der Waals surface area contributed by atoms with Crippen LogP contribution in [0.15, 0.2) is 41.3 Å². The van der Waals surface area contributed by atoms with E-state index in [-0.39, 0.29) is 28.7 Å². The van der Waals surface area contributed by atoms with Gasteiger partial charge in [-0.15, -0.1) is 0 Å². The Morgan fingerprint density at radius 1 is 1.03 bits per heavy atom. The first kappa shape index (κ1) is 22.6. The molecule has 0 aromatic heterocycles. The second-order valence-electron chi connectivity index (χ2n) is 7.84. The number of carbonyl (C=O) groups excluding carboxylic acids is 2. The standard InChI is InChI=1S/C22H24ClN3O5S/c23-16-4-6-18(22(24)28)20(13-16)31-14-21(27)26-11-8-15-12-17(5-7-19(15)26)32(29,30)25-9-2-1-3-10-25/h4-7,12-13H,1-3,8-11,14H2,(H2,24,28). The number of amides is 2. The molecular weight excluding hydrogens is 454 g/mol. The molecule has 0 bridgehead atoms. The van der Waals surface area contributed by atoms with Crippen LogP contribution in [0.3, 0.4) is 0 Å². The molecule has 1 saturated heterocycles. The van der Waals surface area contributed by atoms with Crippen LogP contribution < -0.4 is 15.4 Å². The summed E-state index contributed by atoms with van der Waals surface area (Å²) in [7, 11) is -3.54. The topological polar surface area (TPSA) is 110 Å².